The average Bonchev–Trinajstić information content (AvgIpc) is 3.41. The molecule has 3 aliphatic rings. The van der Waals surface area contributed by atoms with Gasteiger partial charge in [-0.2, -0.15) is 5.10 Å². The number of hydrogen-bond donors (Lipinski definition) is 2. The van der Waals surface area contributed by atoms with Crippen molar-refractivity contribution in [2.24, 2.45) is 10.4 Å². The highest BCUT2D eigenvalue weighted by Gasteiger charge is 2.44. The van der Waals surface area contributed by atoms with Crippen LogP contribution in [0.5, 0.6) is 0 Å². The van der Waals surface area contributed by atoms with E-state index in [-0.39, 0.29) is 6.29 Å². The fraction of sp³-hybridized carbons (Fsp3) is 0.600. The molecule has 0 radical (unpaired) electrons. The molecule has 1 spiro atoms. The minimum absolute atomic E-state index is 0.0431. The van der Waals surface area contributed by atoms with E-state index in [9.17, 15) is 0 Å². The summed E-state index contributed by atoms with van der Waals surface area (Å²) in [6.45, 7) is 4.25. The molecule has 144 valence electrons. The van der Waals surface area contributed by atoms with Crippen molar-refractivity contribution in [3.8, 4) is 0 Å². The van der Waals surface area contributed by atoms with Crippen LogP contribution >= 0.6 is 0 Å². The maximum Gasteiger partial charge on any atom is 0.198 e. The molecule has 1 saturated carbocycles. The van der Waals surface area contributed by atoms with Crippen molar-refractivity contribution >= 4 is 12.0 Å². The van der Waals surface area contributed by atoms with E-state index in [4.69, 9.17) is 4.99 Å². The molecule has 7 heteroatoms. The maximum absolute atomic E-state index is 4.96. The standard InChI is InChI=1S/C20H29N7/c1-15-11-18(24-23-15)27-19(22-13-17-5-3-10-26(17)27)25-9-4-7-20(14-25)8-6-16(12-20)21-2/h3,5,10-11,13,16,19,21H,4,6-9,12,14H2,1-2H3,(H,23,24). The first-order valence-corrected chi connectivity index (χ1v) is 10.1. The average molecular weight is 368 g/mol. The first-order chi connectivity index (χ1) is 13.2. The normalized spacial score (nSPS) is 31.0. The molecule has 0 amide bonds. The molecule has 1 saturated heterocycles. The smallest absolute Gasteiger partial charge is 0.198 e. The Kier molecular flexibility index (Phi) is 4.09. The predicted molar refractivity (Wildman–Crippen MR) is 107 cm³/mol. The number of anilines is 1. The Morgan fingerprint density at radius 3 is 3.04 bits per heavy atom. The Bertz CT molecular complexity index is 837. The zero-order chi connectivity index (χ0) is 18.4. The van der Waals surface area contributed by atoms with E-state index < -0.39 is 0 Å². The number of fused-ring (bicyclic) bond motifs is 1. The highest BCUT2D eigenvalue weighted by molar-refractivity contribution is 5.79. The van der Waals surface area contributed by atoms with Gasteiger partial charge in [0.2, 0.25) is 0 Å². The van der Waals surface area contributed by atoms with Gasteiger partial charge in [-0.1, -0.05) is 0 Å². The topological polar surface area (TPSA) is 64.5 Å². The summed E-state index contributed by atoms with van der Waals surface area (Å²) in [6, 6.07) is 6.94. The first-order valence-electron chi connectivity index (χ1n) is 10.1. The number of likely N-dealkylation sites (tertiary alicyclic amines) is 1. The molecule has 0 bridgehead atoms. The number of aromatic amines is 1. The third-order valence-corrected chi connectivity index (χ3v) is 6.61. The number of aryl methyl sites for hydroxylation is 1. The number of H-pyrrole nitrogens is 1. The van der Waals surface area contributed by atoms with Crippen LogP contribution in [0.15, 0.2) is 29.4 Å². The van der Waals surface area contributed by atoms with Crippen LogP contribution in [-0.4, -0.2) is 58.5 Å². The van der Waals surface area contributed by atoms with Gasteiger partial charge in [0.05, 0.1) is 11.9 Å². The monoisotopic (exact) mass is 367 g/mol. The van der Waals surface area contributed by atoms with Crippen LogP contribution in [0.3, 0.4) is 0 Å². The second-order valence-electron chi connectivity index (χ2n) is 8.46. The molecule has 1 aliphatic carbocycles. The molecule has 27 heavy (non-hydrogen) atoms. The van der Waals surface area contributed by atoms with Crippen LogP contribution in [0.1, 0.15) is 43.5 Å². The predicted octanol–water partition coefficient (Wildman–Crippen LogP) is 2.36. The number of piperidine rings is 1. The van der Waals surface area contributed by atoms with E-state index in [0.717, 1.165) is 30.3 Å². The molecule has 4 heterocycles. The summed E-state index contributed by atoms with van der Waals surface area (Å²) in [5, 5.41) is 13.4. The van der Waals surface area contributed by atoms with Crippen molar-refractivity contribution in [3.63, 3.8) is 0 Å². The zero-order valence-corrected chi connectivity index (χ0v) is 16.2. The molecule has 3 atom stereocenters. The molecule has 3 unspecified atom stereocenters. The van der Waals surface area contributed by atoms with Crippen molar-refractivity contribution in [1.29, 1.82) is 0 Å². The Hall–Kier alpha value is -2.12. The van der Waals surface area contributed by atoms with Crippen LogP contribution in [0, 0.1) is 12.3 Å². The molecule has 0 aromatic carbocycles. The lowest BCUT2D eigenvalue weighted by molar-refractivity contribution is 0.0545. The fourth-order valence-electron chi connectivity index (χ4n) is 5.27. The minimum atomic E-state index is -0.0431. The lowest BCUT2D eigenvalue weighted by Gasteiger charge is -2.46. The molecule has 2 N–H and O–H groups in total. The van der Waals surface area contributed by atoms with Crippen LogP contribution in [0.4, 0.5) is 5.82 Å². The van der Waals surface area contributed by atoms with Gasteiger partial charge in [0.15, 0.2) is 12.1 Å². The molecular weight excluding hydrogens is 338 g/mol. The number of aliphatic imine (C=N–C) groups is 1. The van der Waals surface area contributed by atoms with Crippen LogP contribution < -0.4 is 10.3 Å². The van der Waals surface area contributed by atoms with E-state index in [0.29, 0.717) is 11.5 Å². The lowest BCUT2D eigenvalue weighted by atomic mass is 9.78. The van der Waals surface area contributed by atoms with Gasteiger partial charge in [-0.25, -0.2) is 10.0 Å². The molecule has 2 aromatic rings. The van der Waals surface area contributed by atoms with Crippen LogP contribution in [0.25, 0.3) is 0 Å². The summed E-state index contributed by atoms with van der Waals surface area (Å²) in [5.41, 5.74) is 2.59. The molecule has 2 aliphatic heterocycles. The van der Waals surface area contributed by atoms with Gasteiger partial charge in [-0.05, 0) is 63.6 Å². The van der Waals surface area contributed by atoms with E-state index in [1.54, 1.807) is 0 Å². The maximum atomic E-state index is 4.96. The van der Waals surface area contributed by atoms with Gasteiger partial charge in [-0.15, -0.1) is 0 Å². The van der Waals surface area contributed by atoms with Gasteiger partial charge in [0, 0.05) is 37.1 Å². The van der Waals surface area contributed by atoms with Crippen LogP contribution in [0.2, 0.25) is 0 Å². The molecule has 2 fully saturated rings. The fourth-order valence-corrected chi connectivity index (χ4v) is 5.27. The second-order valence-corrected chi connectivity index (χ2v) is 8.46. The number of nitrogens with one attached hydrogen (secondary N) is 2. The number of nitrogens with zero attached hydrogens (tertiary/aromatic N) is 5. The van der Waals surface area contributed by atoms with Crippen molar-refractivity contribution < 1.29 is 0 Å². The highest BCUT2D eigenvalue weighted by Crippen LogP contribution is 2.45. The minimum Gasteiger partial charge on any atom is -0.317 e. The summed E-state index contributed by atoms with van der Waals surface area (Å²) >= 11 is 0. The summed E-state index contributed by atoms with van der Waals surface area (Å²) in [6.07, 6.45) is 10.6. The number of hydrogen-bond acceptors (Lipinski definition) is 5. The van der Waals surface area contributed by atoms with Gasteiger partial charge in [-0.3, -0.25) is 14.7 Å². The Morgan fingerprint density at radius 1 is 1.33 bits per heavy atom. The zero-order valence-electron chi connectivity index (χ0n) is 16.2. The van der Waals surface area contributed by atoms with Crippen molar-refractivity contribution in [3.05, 3.63) is 35.8 Å². The molecule has 2 aromatic heterocycles. The lowest BCUT2D eigenvalue weighted by Crippen LogP contribution is -2.56. The number of rotatable bonds is 3. The van der Waals surface area contributed by atoms with Gasteiger partial charge in [0.25, 0.3) is 0 Å². The van der Waals surface area contributed by atoms with Crippen molar-refractivity contribution in [2.45, 2.75) is 51.4 Å². The van der Waals surface area contributed by atoms with E-state index >= 15 is 0 Å². The molecule has 5 rings (SSSR count). The Morgan fingerprint density at radius 2 is 2.26 bits per heavy atom. The van der Waals surface area contributed by atoms with Crippen LogP contribution in [-0.2, 0) is 0 Å². The van der Waals surface area contributed by atoms with Gasteiger partial charge in [0.1, 0.15) is 0 Å². The summed E-state index contributed by atoms with van der Waals surface area (Å²) < 4.78 is 2.18. The Balaban J connectivity index is 1.46. The molecule has 7 nitrogen and oxygen atoms in total. The summed E-state index contributed by atoms with van der Waals surface area (Å²) in [7, 11) is 2.10. The van der Waals surface area contributed by atoms with E-state index in [2.05, 4.69) is 61.5 Å². The van der Waals surface area contributed by atoms with E-state index in [1.165, 1.54) is 32.1 Å². The first kappa shape index (κ1) is 17.0. The highest BCUT2D eigenvalue weighted by atomic mass is 15.7. The van der Waals surface area contributed by atoms with Gasteiger partial charge < -0.3 is 5.32 Å². The summed E-state index contributed by atoms with van der Waals surface area (Å²) in [4.78, 5) is 7.52. The summed E-state index contributed by atoms with van der Waals surface area (Å²) in [5.74, 6) is 0.922. The SMILES string of the molecule is CNC1CCC2(CCCN(C3N=Cc4cccn4N3c3cc(C)[nH]n3)C2)C1. The van der Waals surface area contributed by atoms with Gasteiger partial charge >= 0.3 is 0 Å². The van der Waals surface area contributed by atoms with Crippen molar-refractivity contribution in [2.75, 3.05) is 25.1 Å². The quantitative estimate of drug-likeness (QED) is 0.874. The third kappa shape index (κ3) is 2.89. The largest absolute Gasteiger partial charge is 0.317 e. The second kappa shape index (κ2) is 6.49. The number of aromatic nitrogens is 3. The Labute approximate surface area is 160 Å². The molecular formula is C20H29N7. The van der Waals surface area contributed by atoms with E-state index in [1.807, 2.05) is 13.1 Å². The third-order valence-electron chi connectivity index (χ3n) is 6.61. The van der Waals surface area contributed by atoms with Crippen molar-refractivity contribution in [1.82, 2.24) is 25.1 Å².